The van der Waals surface area contributed by atoms with E-state index < -0.39 is 28.5 Å². The molecular weight excluding hydrogens is 454 g/mol. The van der Waals surface area contributed by atoms with Gasteiger partial charge in [0.25, 0.3) is 0 Å². The number of hydrogen-bond donors (Lipinski definition) is 1. The minimum absolute atomic E-state index is 0.101. The SMILES string of the molecule is COc1ccc(CN(C(=O)CN(c2ccc(C)c(C)c2)S(C)(=O)=O)[C@H](C)C(=O)NC(C)C)cc1. The van der Waals surface area contributed by atoms with E-state index in [-0.39, 0.29) is 18.5 Å². The fourth-order valence-electron chi connectivity index (χ4n) is 3.41. The van der Waals surface area contributed by atoms with E-state index in [1.165, 1.54) is 4.90 Å². The summed E-state index contributed by atoms with van der Waals surface area (Å²) in [5.41, 5.74) is 3.13. The number of hydrogen-bond acceptors (Lipinski definition) is 5. The lowest BCUT2D eigenvalue weighted by Gasteiger charge is -2.32. The second-order valence-electron chi connectivity index (χ2n) is 8.75. The van der Waals surface area contributed by atoms with E-state index in [9.17, 15) is 18.0 Å². The molecular formula is C25H35N3O5S. The standard InChI is InChI=1S/C25H35N3O5S/c1-17(2)26-25(30)20(5)27(15-21-9-12-23(33-6)13-10-21)24(29)16-28(34(7,31)32)22-11-8-18(3)19(4)14-22/h8-14,17,20H,15-16H2,1-7H3,(H,26,30)/t20-/m1/s1. The maximum Gasteiger partial charge on any atom is 0.244 e. The first kappa shape index (κ1) is 27.2. The highest BCUT2D eigenvalue weighted by Crippen LogP contribution is 2.22. The molecule has 9 heteroatoms. The zero-order chi connectivity index (χ0) is 25.6. The Bertz CT molecular complexity index is 1110. The third-order valence-corrected chi connectivity index (χ3v) is 6.71. The van der Waals surface area contributed by atoms with Crippen molar-refractivity contribution in [3.8, 4) is 5.75 Å². The molecule has 186 valence electrons. The van der Waals surface area contributed by atoms with Crippen molar-refractivity contribution in [2.75, 3.05) is 24.2 Å². The van der Waals surface area contributed by atoms with Gasteiger partial charge in [0.2, 0.25) is 21.8 Å². The molecule has 2 rings (SSSR count). The number of rotatable bonds is 10. The molecule has 0 spiro atoms. The summed E-state index contributed by atoms with van der Waals surface area (Å²) in [5, 5.41) is 2.83. The third-order valence-electron chi connectivity index (χ3n) is 5.57. The first-order valence-electron chi connectivity index (χ1n) is 11.1. The van der Waals surface area contributed by atoms with Crippen molar-refractivity contribution >= 4 is 27.5 Å². The molecule has 0 aromatic heterocycles. The van der Waals surface area contributed by atoms with Crippen LogP contribution in [0, 0.1) is 13.8 Å². The second-order valence-corrected chi connectivity index (χ2v) is 10.7. The van der Waals surface area contributed by atoms with Crippen LogP contribution in [0.3, 0.4) is 0 Å². The van der Waals surface area contributed by atoms with Crippen LogP contribution in [0.4, 0.5) is 5.69 Å². The molecule has 2 amide bonds. The molecule has 0 radical (unpaired) electrons. The van der Waals surface area contributed by atoms with E-state index in [0.29, 0.717) is 11.4 Å². The largest absolute Gasteiger partial charge is 0.497 e. The Balaban J connectivity index is 2.40. The third kappa shape index (κ3) is 7.21. The van der Waals surface area contributed by atoms with Crippen molar-refractivity contribution < 1.29 is 22.7 Å². The molecule has 0 heterocycles. The Kier molecular flexibility index (Phi) is 9.09. The van der Waals surface area contributed by atoms with E-state index >= 15 is 0 Å². The lowest BCUT2D eigenvalue weighted by Crippen LogP contribution is -2.52. The highest BCUT2D eigenvalue weighted by molar-refractivity contribution is 7.92. The van der Waals surface area contributed by atoms with E-state index in [1.54, 1.807) is 38.3 Å². The molecule has 34 heavy (non-hydrogen) atoms. The van der Waals surface area contributed by atoms with Crippen molar-refractivity contribution in [2.45, 2.75) is 53.2 Å². The minimum atomic E-state index is -3.75. The highest BCUT2D eigenvalue weighted by atomic mass is 32.2. The Morgan fingerprint density at radius 3 is 2.12 bits per heavy atom. The average molecular weight is 490 g/mol. The van der Waals surface area contributed by atoms with Crippen molar-refractivity contribution in [1.82, 2.24) is 10.2 Å². The van der Waals surface area contributed by atoms with Crippen LogP contribution in [-0.2, 0) is 26.2 Å². The molecule has 0 fully saturated rings. The number of nitrogens with one attached hydrogen (secondary N) is 1. The monoisotopic (exact) mass is 489 g/mol. The molecule has 0 unspecified atom stereocenters. The molecule has 1 atom stereocenters. The summed E-state index contributed by atoms with van der Waals surface area (Å²) < 4.78 is 31.5. The number of nitrogens with zero attached hydrogens (tertiary/aromatic N) is 2. The number of benzene rings is 2. The van der Waals surface area contributed by atoms with Gasteiger partial charge in [-0.1, -0.05) is 18.2 Å². The van der Waals surface area contributed by atoms with Gasteiger partial charge in [-0.2, -0.15) is 0 Å². The summed E-state index contributed by atoms with van der Waals surface area (Å²) >= 11 is 0. The van der Waals surface area contributed by atoms with Crippen molar-refractivity contribution in [3.63, 3.8) is 0 Å². The van der Waals surface area contributed by atoms with Gasteiger partial charge >= 0.3 is 0 Å². The summed E-state index contributed by atoms with van der Waals surface area (Å²) in [6.07, 6.45) is 1.07. The van der Waals surface area contributed by atoms with E-state index in [2.05, 4.69) is 5.32 Å². The first-order valence-corrected chi connectivity index (χ1v) is 13.0. The van der Waals surface area contributed by atoms with Gasteiger partial charge in [-0.3, -0.25) is 13.9 Å². The number of anilines is 1. The molecule has 8 nitrogen and oxygen atoms in total. The van der Waals surface area contributed by atoms with Gasteiger partial charge in [0.05, 0.1) is 19.1 Å². The number of amides is 2. The van der Waals surface area contributed by atoms with Gasteiger partial charge in [-0.15, -0.1) is 0 Å². The topological polar surface area (TPSA) is 96.0 Å². The van der Waals surface area contributed by atoms with Crippen LogP contribution >= 0.6 is 0 Å². The smallest absolute Gasteiger partial charge is 0.244 e. The Morgan fingerprint density at radius 2 is 1.62 bits per heavy atom. The lowest BCUT2D eigenvalue weighted by atomic mass is 10.1. The number of carbonyl (C=O) groups excluding carboxylic acids is 2. The van der Waals surface area contributed by atoms with Crippen LogP contribution < -0.4 is 14.4 Å². The van der Waals surface area contributed by atoms with Gasteiger partial charge in [0.15, 0.2) is 0 Å². The van der Waals surface area contributed by atoms with Crippen LogP contribution in [0.1, 0.15) is 37.5 Å². The van der Waals surface area contributed by atoms with Crippen molar-refractivity contribution in [1.29, 1.82) is 0 Å². The average Bonchev–Trinajstić information content (AvgIpc) is 2.76. The molecule has 0 aliphatic rings. The molecule has 0 saturated carbocycles. The summed E-state index contributed by atoms with van der Waals surface area (Å²) in [5.74, 6) is -0.120. The van der Waals surface area contributed by atoms with Crippen LogP contribution in [0.5, 0.6) is 5.75 Å². The van der Waals surface area contributed by atoms with Crippen LogP contribution in [-0.4, -0.2) is 57.1 Å². The number of ether oxygens (including phenoxy) is 1. The normalized spacial score (nSPS) is 12.2. The zero-order valence-electron chi connectivity index (χ0n) is 21.0. The highest BCUT2D eigenvalue weighted by Gasteiger charge is 2.30. The lowest BCUT2D eigenvalue weighted by molar-refractivity contribution is -0.139. The fraction of sp³-hybridized carbons (Fsp3) is 0.440. The number of methoxy groups -OCH3 is 1. The van der Waals surface area contributed by atoms with Gasteiger partial charge in [0.1, 0.15) is 18.3 Å². The summed E-state index contributed by atoms with van der Waals surface area (Å²) in [6.45, 7) is 8.85. The van der Waals surface area contributed by atoms with Gasteiger partial charge < -0.3 is 15.0 Å². The van der Waals surface area contributed by atoms with E-state index in [0.717, 1.165) is 27.3 Å². The predicted octanol–water partition coefficient (Wildman–Crippen LogP) is 3.02. The van der Waals surface area contributed by atoms with Crippen LogP contribution in [0.15, 0.2) is 42.5 Å². The number of sulfonamides is 1. The van der Waals surface area contributed by atoms with Crippen LogP contribution in [0.25, 0.3) is 0 Å². The van der Waals surface area contributed by atoms with E-state index in [1.807, 2.05) is 45.9 Å². The molecule has 2 aromatic carbocycles. The summed E-state index contributed by atoms with van der Waals surface area (Å²) in [4.78, 5) is 27.7. The molecule has 0 aliphatic carbocycles. The molecule has 0 bridgehead atoms. The number of aryl methyl sites for hydroxylation is 2. The molecule has 1 N–H and O–H groups in total. The van der Waals surface area contributed by atoms with Gasteiger partial charge in [0, 0.05) is 12.6 Å². The van der Waals surface area contributed by atoms with Crippen LogP contribution in [0.2, 0.25) is 0 Å². The van der Waals surface area contributed by atoms with E-state index in [4.69, 9.17) is 4.74 Å². The van der Waals surface area contributed by atoms with Gasteiger partial charge in [-0.05, 0) is 75.6 Å². The molecule has 2 aromatic rings. The molecule has 0 aliphatic heterocycles. The summed E-state index contributed by atoms with van der Waals surface area (Å²) in [7, 11) is -2.19. The fourth-order valence-corrected chi connectivity index (χ4v) is 4.25. The van der Waals surface area contributed by atoms with Crippen molar-refractivity contribution in [2.24, 2.45) is 0 Å². The minimum Gasteiger partial charge on any atom is -0.497 e. The second kappa shape index (κ2) is 11.4. The molecule has 0 saturated heterocycles. The maximum absolute atomic E-state index is 13.5. The maximum atomic E-state index is 13.5. The van der Waals surface area contributed by atoms with Gasteiger partial charge in [-0.25, -0.2) is 8.42 Å². The quantitative estimate of drug-likeness (QED) is 0.554. The van der Waals surface area contributed by atoms with Crippen molar-refractivity contribution in [3.05, 3.63) is 59.2 Å². The summed E-state index contributed by atoms with van der Waals surface area (Å²) in [6, 6.07) is 11.5. The Morgan fingerprint density at radius 1 is 1.00 bits per heavy atom. The number of carbonyl (C=O) groups is 2. The zero-order valence-corrected chi connectivity index (χ0v) is 21.8. The Hall–Kier alpha value is -3.07. The first-order chi connectivity index (χ1) is 15.8. The Labute approximate surface area is 202 Å². The predicted molar refractivity (Wildman–Crippen MR) is 134 cm³/mol.